The van der Waals surface area contributed by atoms with Crippen molar-refractivity contribution in [2.24, 2.45) is 7.05 Å². The fraction of sp³-hybridized carbons (Fsp3) is 0.381. The van der Waals surface area contributed by atoms with E-state index in [1.165, 1.54) is 23.0 Å². The van der Waals surface area contributed by atoms with E-state index < -0.39 is 29.9 Å². The average molecular weight is 473 g/mol. The first-order valence-electron chi connectivity index (χ1n) is 10.4. The van der Waals surface area contributed by atoms with Gasteiger partial charge in [0.2, 0.25) is 0 Å². The van der Waals surface area contributed by atoms with E-state index in [-0.39, 0.29) is 30.1 Å². The molecule has 0 spiro atoms. The van der Waals surface area contributed by atoms with Crippen molar-refractivity contribution in [1.82, 2.24) is 29.4 Å². The number of carbonyl (C=O) groups excluding carboxylic acids is 1. The summed E-state index contributed by atoms with van der Waals surface area (Å²) in [6.45, 7) is 3.10. The number of nitrogens with one attached hydrogen (secondary N) is 1. The van der Waals surface area contributed by atoms with Crippen LogP contribution in [0.3, 0.4) is 0 Å². The smallest absolute Gasteiger partial charge is 0.332 e. The van der Waals surface area contributed by atoms with Crippen molar-refractivity contribution in [2.75, 3.05) is 13.2 Å². The number of nitrogens with zero attached hydrogens (tertiary/aromatic N) is 5. The van der Waals surface area contributed by atoms with Crippen LogP contribution < -0.4 is 16.6 Å². The number of aromatic nitrogens is 5. The third-order valence-corrected chi connectivity index (χ3v) is 6.53. The number of amides is 1. The first-order chi connectivity index (χ1) is 15.7. The number of hydrogen-bond acceptors (Lipinski definition) is 8. The number of hydrogen-bond donors (Lipinski definition) is 3. The topological polar surface area (TPSA) is 144 Å². The monoisotopic (exact) mass is 472 g/mol. The predicted molar refractivity (Wildman–Crippen MR) is 124 cm³/mol. The van der Waals surface area contributed by atoms with Crippen LogP contribution in [-0.2, 0) is 13.6 Å². The van der Waals surface area contributed by atoms with Crippen LogP contribution >= 0.6 is 11.3 Å². The van der Waals surface area contributed by atoms with Gasteiger partial charge in [-0.3, -0.25) is 18.7 Å². The number of aliphatic hydroxyl groups is 2. The van der Waals surface area contributed by atoms with Crippen molar-refractivity contribution in [2.45, 2.75) is 32.5 Å². The number of aliphatic hydroxyl groups excluding tert-OH is 2. The molecule has 11 nitrogen and oxygen atoms in total. The zero-order valence-corrected chi connectivity index (χ0v) is 19.2. The lowest BCUT2D eigenvalue weighted by Crippen LogP contribution is -2.39. The Bertz CT molecular complexity index is 1460. The Labute approximate surface area is 191 Å². The molecule has 12 heteroatoms. The fourth-order valence-electron chi connectivity index (χ4n) is 3.68. The lowest BCUT2D eigenvalue weighted by molar-refractivity contribution is 0.0802. The molecule has 0 aliphatic rings. The lowest BCUT2D eigenvalue weighted by atomic mass is 10.1. The average Bonchev–Trinajstić information content (AvgIpc) is 3.37. The molecular formula is C21H24N6O5S. The molecule has 0 unspecified atom stereocenters. The predicted octanol–water partition coefficient (Wildman–Crippen LogP) is 0.219. The van der Waals surface area contributed by atoms with E-state index >= 15 is 0 Å². The first kappa shape index (κ1) is 22.8. The van der Waals surface area contributed by atoms with Crippen molar-refractivity contribution in [3.8, 4) is 0 Å². The molecule has 3 heterocycles. The second-order valence-corrected chi connectivity index (χ2v) is 9.06. The number of fused-ring (bicyclic) bond motifs is 2. The molecule has 0 aliphatic carbocycles. The molecule has 0 saturated heterocycles. The Kier molecular flexibility index (Phi) is 6.15. The zero-order chi connectivity index (χ0) is 23.9. The largest absolute Gasteiger partial charge is 0.394 e. The van der Waals surface area contributed by atoms with E-state index in [9.17, 15) is 19.5 Å². The van der Waals surface area contributed by atoms with Crippen LogP contribution in [0.25, 0.3) is 21.3 Å². The maximum Gasteiger partial charge on any atom is 0.332 e. The van der Waals surface area contributed by atoms with E-state index in [1.807, 2.05) is 38.1 Å². The van der Waals surface area contributed by atoms with Gasteiger partial charge in [-0.1, -0.05) is 17.3 Å². The summed E-state index contributed by atoms with van der Waals surface area (Å²) < 4.78 is 4.11. The molecule has 0 aliphatic heterocycles. The third-order valence-electron chi connectivity index (χ3n) is 5.36. The van der Waals surface area contributed by atoms with Gasteiger partial charge in [-0.05, 0) is 26.0 Å². The summed E-state index contributed by atoms with van der Waals surface area (Å²) in [6, 6.07) is 7.11. The van der Waals surface area contributed by atoms with Gasteiger partial charge < -0.3 is 15.5 Å². The quantitative estimate of drug-likeness (QED) is 0.349. The highest BCUT2D eigenvalue weighted by Crippen LogP contribution is 2.31. The van der Waals surface area contributed by atoms with Crippen LogP contribution in [0.4, 0.5) is 0 Å². The molecule has 1 amide bonds. The van der Waals surface area contributed by atoms with Crippen LogP contribution in [0.2, 0.25) is 0 Å². The van der Waals surface area contributed by atoms with Gasteiger partial charge in [0, 0.05) is 24.5 Å². The van der Waals surface area contributed by atoms with Gasteiger partial charge >= 0.3 is 5.69 Å². The minimum atomic E-state index is -1.14. The molecule has 3 aromatic heterocycles. The van der Waals surface area contributed by atoms with E-state index in [2.05, 4.69) is 15.6 Å². The van der Waals surface area contributed by atoms with Gasteiger partial charge in [0.15, 0.2) is 0 Å². The van der Waals surface area contributed by atoms with Crippen LogP contribution in [-0.4, -0.2) is 59.5 Å². The maximum absolute atomic E-state index is 13.2. The van der Waals surface area contributed by atoms with E-state index in [1.54, 1.807) is 4.68 Å². The van der Waals surface area contributed by atoms with Gasteiger partial charge in [-0.2, -0.15) is 0 Å². The van der Waals surface area contributed by atoms with Crippen molar-refractivity contribution in [1.29, 1.82) is 0 Å². The molecule has 1 aromatic carbocycles. The number of carbonyl (C=O) groups is 1. The van der Waals surface area contributed by atoms with Crippen molar-refractivity contribution < 1.29 is 15.0 Å². The molecule has 0 saturated carbocycles. The summed E-state index contributed by atoms with van der Waals surface area (Å²) in [5.74, 6) is -0.584. The molecule has 174 valence electrons. The molecule has 0 bridgehead atoms. The number of para-hydroxylation sites is 1. The zero-order valence-electron chi connectivity index (χ0n) is 18.3. The molecule has 3 N–H and O–H groups in total. The van der Waals surface area contributed by atoms with Crippen molar-refractivity contribution in [3.63, 3.8) is 0 Å². The van der Waals surface area contributed by atoms with Gasteiger partial charge in [0.1, 0.15) is 10.3 Å². The van der Waals surface area contributed by atoms with E-state index in [4.69, 9.17) is 5.11 Å². The normalized spacial score (nSPS) is 12.7. The van der Waals surface area contributed by atoms with E-state index in [0.717, 1.165) is 10.1 Å². The number of thiophene rings is 1. The lowest BCUT2D eigenvalue weighted by Gasteiger charge is -2.13. The Balaban J connectivity index is 1.95. The highest BCUT2D eigenvalue weighted by Gasteiger charge is 2.27. The van der Waals surface area contributed by atoms with Crippen molar-refractivity contribution >= 4 is 38.5 Å². The maximum atomic E-state index is 13.2. The van der Waals surface area contributed by atoms with E-state index in [0.29, 0.717) is 15.2 Å². The number of benzene rings is 1. The SMILES string of the molecule is CC(C)n1c(=O)n(C)c(=O)c2c(C(=O)NC[C@H](O)CO)c(Cn3nnc4ccccc43)sc21. The summed E-state index contributed by atoms with van der Waals surface area (Å²) in [7, 11) is 1.38. The fourth-order valence-corrected chi connectivity index (χ4v) is 5.07. The molecule has 4 rings (SSSR count). The van der Waals surface area contributed by atoms with Crippen LogP contribution in [0.5, 0.6) is 0 Å². The molecule has 33 heavy (non-hydrogen) atoms. The van der Waals surface area contributed by atoms with Gasteiger partial charge in [-0.25, -0.2) is 9.48 Å². The van der Waals surface area contributed by atoms with Crippen LogP contribution in [0.15, 0.2) is 33.9 Å². The minimum Gasteiger partial charge on any atom is -0.394 e. The molecule has 0 radical (unpaired) electrons. The minimum absolute atomic E-state index is 0.120. The second kappa shape index (κ2) is 8.89. The van der Waals surface area contributed by atoms with Crippen LogP contribution in [0.1, 0.15) is 35.1 Å². The molecular weight excluding hydrogens is 448 g/mol. The molecule has 4 aromatic rings. The van der Waals surface area contributed by atoms with Gasteiger partial charge in [0.05, 0.1) is 35.7 Å². The molecule has 0 fully saturated rings. The summed E-state index contributed by atoms with van der Waals surface area (Å²) in [5, 5.41) is 29.8. The highest BCUT2D eigenvalue weighted by atomic mass is 32.1. The summed E-state index contributed by atoms with van der Waals surface area (Å²) >= 11 is 1.18. The summed E-state index contributed by atoms with van der Waals surface area (Å²) in [5.41, 5.74) is 0.515. The highest BCUT2D eigenvalue weighted by molar-refractivity contribution is 7.19. The number of rotatable bonds is 7. The summed E-state index contributed by atoms with van der Waals surface area (Å²) in [4.78, 5) is 40.1. The Morgan fingerprint density at radius 3 is 2.67 bits per heavy atom. The third kappa shape index (κ3) is 3.96. The van der Waals surface area contributed by atoms with Crippen molar-refractivity contribution in [3.05, 3.63) is 55.5 Å². The summed E-state index contributed by atoms with van der Waals surface area (Å²) in [6.07, 6.45) is -1.14. The van der Waals surface area contributed by atoms with Gasteiger partial charge in [-0.15, -0.1) is 16.4 Å². The molecule has 1 atom stereocenters. The Hall–Kier alpha value is -3.35. The van der Waals surface area contributed by atoms with Crippen LogP contribution in [0, 0.1) is 0 Å². The standard InChI is InChI=1S/C21H24N6O5S/c1-11(2)27-20-17(19(31)25(3)21(27)32)16(18(30)22-8-12(29)10-28)15(33-20)9-26-14-7-5-4-6-13(14)23-24-26/h4-7,11-12,28-29H,8-10H2,1-3H3,(H,22,30)/t12-/m0/s1. The Morgan fingerprint density at radius 1 is 1.24 bits per heavy atom. The van der Waals surface area contributed by atoms with Gasteiger partial charge in [0.25, 0.3) is 11.5 Å². The first-order valence-corrected chi connectivity index (χ1v) is 11.2. The second-order valence-electron chi connectivity index (χ2n) is 7.97. The Morgan fingerprint density at radius 2 is 1.97 bits per heavy atom.